The predicted molar refractivity (Wildman–Crippen MR) is 120 cm³/mol. The second-order valence-electron chi connectivity index (χ2n) is 7.57. The van der Waals surface area contributed by atoms with Crippen molar-refractivity contribution < 1.29 is 9.32 Å². The molecular weight excluding hydrogens is 392 g/mol. The number of aromatic amines is 1. The van der Waals surface area contributed by atoms with Gasteiger partial charge in [-0.2, -0.15) is 4.98 Å². The number of carbonyl (C=O) groups is 1. The number of aryl methyl sites for hydroxylation is 3. The number of carbonyl (C=O) groups excluding carboxylic acids is 1. The lowest BCUT2D eigenvalue weighted by Gasteiger charge is -2.05. The molecule has 0 aliphatic carbocycles. The first-order chi connectivity index (χ1) is 15.0. The molecule has 0 unspecified atom stereocenters. The number of rotatable bonds is 7. The fraction of sp³-hybridized carbons (Fsp3) is 0.250. The van der Waals surface area contributed by atoms with Gasteiger partial charge in [0.1, 0.15) is 0 Å². The van der Waals surface area contributed by atoms with Crippen LogP contribution in [0.3, 0.4) is 0 Å². The zero-order valence-corrected chi connectivity index (χ0v) is 17.6. The molecule has 0 aliphatic heterocycles. The van der Waals surface area contributed by atoms with Crippen molar-refractivity contribution in [1.82, 2.24) is 15.1 Å². The van der Waals surface area contributed by atoms with Crippen molar-refractivity contribution in [2.75, 3.05) is 5.32 Å². The minimum Gasteiger partial charge on any atom is -0.339 e. The van der Waals surface area contributed by atoms with Gasteiger partial charge in [-0.1, -0.05) is 35.8 Å². The van der Waals surface area contributed by atoms with Gasteiger partial charge in [0.15, 0.2) is 0 Å². The molecule has 4 aromatic rings. The normalized spacial score (nSPS) is 11.0. The molecule has 158 valence electrons. The molecule has 7 heteroatoms. The highest BCUT2D eigenvalue weighted by molar-refractivity contribution is 5.90. The summed E-state index contributed by atoms with van der Waals surface area (Å²) in [6.45, 7) is 4.08. The molecule has 31 heavy (non-hydrogen) atoms. The minimum absolute atomic E-state index is 0.0645. The summed E-state index contributed by atoms with van der Waals surface area (Å²) in [4.78, 5) is 31.8. The average Bonchev–Trinajstić information content (AvgIpc) is 3.22. The molecule has 7 nitrogen and oxygen atoms in total. The van der Waals surface area contributed by atoms with E-state index in [1.165, 1.54) is 5.56 Å². The second-order valence-corrected chi connectivity index (χ2v) is 7.57. The Morgan fingerprint density at radius 1 is 1.13 bits per heavy atom. The molecule has 2 N–H and O–H groups in total. The van der Waals surface area contributed by atoms with Gasteiger partial charge in [-0.15, -0.1) is 0 Å². The number of aromatic nitrogens is 3. The molecule has 0 bridgehead atoms. The molecule has 0 fully saturated rings. The summed E-state index contributed by atoms with van der Waals surface area (Å²) in [5.74, 6) is 0.587. The SMILES string of the molecule is CCc1ccc(NC(=O)CCCc2nc(-c3cc4cc(C)ccc4[nH]c3=O)no2)cc1. The molecule has 0 spiro atoms. The Kier molecular flexibility index (Phi) is 5.93. The summed E-state index contributed by atoms with van der Waals surface area (Å²) in [5.41, 5.74) is 3.97. The average molecular weight is 416 g/mol. The van der Waals surface area contributed by atoms with Gasteiger partial charge >= 0.3 is 0 Å². The van der Waals surface area contributed by atoms with E-state index in [0.717, 1.165) is 28.6 Å². The van der Waals surface area contributed by atoms with Crippen LogP contribution in [0, 0.1) is 6.92 Å². The maximum absolute atomic E-state index is 12.4. The van der Waals surface area contributed by atoms with Crippen molar-refractivity contribution in [3.05, 3.63) is 75.9 Å². The van der Waals surface area contributed by atoms with Crippen molar-refractivity contribution in [2.45, 2.75) is 39.5 Å². The van der Waals surface area contributed by atoms with Gasteiger partial charge in [-0.05, 0) is 61.0 Å². The van der Waals surface area contributed by atoms with Crippen LogP contribution in [0.1, 0.15) is 36.8 Å². The lowest BCUT2D eigenvalue weighted by Crippen LogP contribution is -2.11. The summed E-state index contributed by atoms with van der Waals surface area (Å²) in [5, 5.41) is 7.75. The van der Waals surface area contributed by atoms with Crippen LogP contribution in [0.25, 0.3) is 22.3 Å². The first-order valence-electron chi connectivity index (χ1n) is 10.4. The highest BCUT2D eigenvalue weighted by atomic mass is 16.5. The summed E-state index contributed by atoms with van der Waals surface area (Å²) >= 11 is 0. The standard InChI is InChI=1S/C24H24N4O3/c1-3-16-8-10-18(11-9-16)25-21(29)5-4-6-22-27-23(28-31-22)19-14-17-13-15(2)7-12-20(17)26-24(19)30/h7-14H,3-6H2,1-2H3,(H,25,29)(H,26,30). The monoisotopic (exact) mass is 416 g/mol. The highest BCUT2D eigenvalue weighted by Gasteiger charge is 2.14. The van der Waals surface area contributed by atoms with Crippen LogP contribution in [0.4, 0.5) is 5.69 Å². The third kappa shape index (κ3) is 4.88. The Morgan fingerprint density at radius 2 is 1.94 bits per heavy atom. The first kappa shape index (κ1) is 20.5. The Balaban J connectivity index is 1.37. The van der Waals surface area contributed by atoms with Crippen LogP contribution >= 0.6 is 0 Å². The number of anilines is 1. The number of amides is 1. The van der Waals surface area contributed by atoms with E-state index in [-0.39, 0.29) is 17.3 Å². The van der Waals surface area contributed by atoms with Gasteiger partial charge in [0.05, 0.1) is 5.56 Å². The number of hydrogen-bond donors (Lipinski definition) is 2. The number of fused-ring (bicyclic) bond motifs is 1. The number of benzene rings is 2. The van der Waals surface area contributed by atoms with Crippen LogP contribution in [0.2, 0.25) is 0 Å². The highest BCUT2D eigenvalue weighted by Crippen LogP contribution is 2.19. The van der Waals surface area contributed by atoms with E-state index in [2.05, 4.69) is 27.4 Å². The Morgan fingerprint density at radius 3 is 2.71 bits per heavy atom. The molecule has 2 heterocycles. The van der Waals surface area contributed by atoms with E-state index in [9.17, 15) is 9.59 Å². The third-order valence-corrected chi connectivity index (χ3v) is 5.15. The third-order valence-electron chi connectivity index (χ3n) is 5.15. The molecule has 4 rings (SSSR count). The minimum atomic E-state index is -0.267. The maximum atomic E-state index is 12.4. The van der Waals surface area contributed by atoms with Gasteiger partial charge in [-0.3, -0.25) is 9.59 Å². The van der Waals surface area contributed by atoms with E-state index in [4.69, 9.17) is 4.52 Å². The van der Waals surface area contributed by atoms with E-state index in [0.29, 0.717) is 30.7 Å². The number of H-pyrrole nitrogens is 1. The smallest absolute Gasteiger partial charge is 0.259 e. The topological polar surface area (TPSA) is 101 Å². The molecule has 0 aliphatic rings. The number of nitrogens with zero attached hydrogens (tertiary/aromatic N) is 2. The Labute approximate surface area is 179 Å². The van der Waals surface area contributed by atoms with E-state index in [1.54, 1.807) is 6.07 Å². The molecular formula is C24H24N4O3. The van der Waals surface area contributed by atoms with Gasteiger partial charge in [0.25, 0.3) is 5.56 Å². The Bertz CT molecular complexity index is 1270. The van der Waals surface area contributed by atoms with E-state index >= 15 is 0 Å². The van der Waals surface area contributed by atoms with Crippen LogP contribution in [-0.4, -0.2) is 21.0 Å². The quantitative estimate of drug-likeness (QED) is 0.465. The molecule has 2 aromatic heterocycles. The van der Waals surface area contributed by atoms with Gasteiger partial charge in [-0.25, -0.2) is 0 Å². The molecule has 0 saturated carbocycles. The van der Waals surface area contributed by atoms with Crippen molar-refractivity contribution in [3.63, 3.8) is 0 Å². The van der Waals surface area contributed by atoms with Crippen LogP contribution in [-0.2, 0) is 17.6 Å². The second kappa shape index (κ2) is 8.95. The van der Waals surface area contributed by atoms with Crippen LogP contribution in [0.5, 0.6) is 0 Å². The van der Waals surface area contributed by atoms with E-state index in [1.807, 2.05) is 49.4 Å². The van der Waals surface area contributed by atoms with E-state index < -0.39 is 0 Å². The number of nitrogens with one attached hydrogen (secondary N) is 2. The maximum Gasteiger partial charge on any atom is 0.259 e. The van der Waals surface area contributed by atoms with Gasteiger partial charge in [0.2, 0.25) is 17.6 Å². The molecule has 2 aromatic carbocycles. The lowest BCUT2D eigenvalue weighted by molar-refractivity contribution is -0.116. The van der Waals surface area contributed by atoms with Crippen molar-refractivity contribution in [1.29, 1.82) is 0 Å². The Hall–Kier alpha value is -3.74. The molecule has 1 amide bonds. The summed E-state index contributed by atoms with van der Waals surface area (Å²) in [6, 6.07) is 15.4. The summed E-state index contributed by atoms with van der Waals surface area (Å²) in [7, 11) is 0. The first-order valence-corrected chi connectivity index (χ1v) is 10.4. The summed E-state index contributed by atoms with van der Waals surface area (Å²) < 4.78 is 5.29. The van der Waals surface area contributed by atoms with Crippen LogP contribution in [0.15, 0.2) is 57.8 Å². The zero-order chi connectivity index (χ0) is 21.8. The van der Waals surface area contributed by atoms with Gasteiger partial charge < -0.3 is 14.8 Å². The zero-order valence-electron chi connectivity index (χ0n) is 17.6. The fourth-order valence-electron chi connectivity index (χ4n) is 3.41. The number of hydrogen-bond acceptors (Lipinski definition) is 5. The van der Waals surface area contributed by atoms with Crippen molar-refractivity contribution >= 4 is 22.5 Å². The fourth-order valence-corrected chi connectivity index (χ4v) is 3.41. The molecule has 0 radical (unpaired) electrons. The number of pyridine rings is 1. The largest absolute Gasteiger partial charge is 0.339 e. The predicted octanol–water partition coefficient (Wildman–Crippen LogP) is 4.41. The molecule has 0 saturated heterocycles. The summed E-state index contributed by atoms with van der Waals surface area (Å²) in [6.07, 6.45) is 2.32. The van der Waals surface area contributed by atoms with Crippen LogP contribution < -0.4 is 10.9 Å². The van der Waals surface area contributed by atoms with Crippen molar-refractivity contribution in [2.24, 2.45) is 0 Å². The molecule has 0 atom stereocenters. The van der Waals surface area contributed by atoms with Crippen molar-refractivity contribution in [3.8, 4) is 11.4 Å². The van der Waals surface area contributed by atoms with Gasteiger partial charge in [0, 0.05) is 24.0 Å². The lowest BCUT2D eigenvalue weighted by atomic mass is 10.1.